The summed E-state index contributed by atoms with van der Waals surface area (Å²) < 4.78 is 5.23. The Morgan fingerprint density at radius 1 is 1.22 bits per heavy atom. The average molecular weight is 434 g/mol. The zero-order chi connectivity index (χ0) is 22.5. The van der Waals surface area contributed by atoms with Gasteiger partial charge in [0.25, 0.3) is 5.91 Å². The Morgan fingerprint density at radius 2 is 2.03 bits per heavy atom. The van der Waals surface area contributed by atoms with Crippen LogP contribution in [0, 0.1) is 0 Å². The Balaban J connectivity index is 1.56. The zero-order valence-electron chi connectivity index (χ0n) is 18.3. The summed E-state index contributed by atoms with van der Waals surface area (Å²) in [4.78, 5) is 39.5. The minimum atomic E-state index is -0.228. The van der Waals surface area contributed by atoms with Crippen LogP contribution in [0.2, 0.25) is 0 Å². The molecule has 0 aliphatic carbocycles. The van der Waals surface area contributed by atoms with E-state index in [1.165, 1.54) is 0 Å². The summed E-state index contributed by atoms with van der Waals surface area (Å²) in [5, 5.41) is 2.68. The Labute approximate surface area is 187 Å². The lowest BCUT2D eigenvalue weighted by atomic mass is 9.97. The molecule has 2 N–H and O–H groups in total. The number of imidazole rings is 1. The molecule has 0 spiro atoms. The van der Waals surface area contributed by atoms with Crippen LogP contribution < -0.4 is 10.1 Å². The first kappa shape index (κ1) is 21.5. The van der Waals surface area contributed by atoms with Crippen LogP contribution in [0.5, 0.6) is 5.75 Å². The molecule has 0 saturated carbocycles. The van der Waals surface area contributed by atoms with Gasteiger partial charge >= 0.3 is 0 Å². The number of nitrogens with one attached hydrogen (secondary N) is 2. The Kier molecular flexibility index (Phi) is 6.49. The van der Waals surface area contributed by atoms with Crippen LogP contribution in [-0.2, 0) is 11.2 Å². The van der Waals surface area contributed by atoms with Crippen LogP contribution >= 0.6 is 0 Å². The maximum atomic E-state index is 12.8. The van der Waals surface area contributed by atoms with Gasteiger partial charge < -0.3 is 19.9 Å². The van der Waals surface area contributed by atoms with Gasteiger partial charge in [0, 0.05) is 43.5 Å². The van der Waals surface area contributed by atoms with Crippen molar-refractivity contribution in [1.29, 1.82) is 0 Å². The molecule has 1 aliphatic heterocycles. The highest BCUT2D eigenvalue weighted by molar-refractivity contribution is 5.98. The highest BCUT2D eigenvalue weighted by atomic mass is 16.5. The molecule has 0 bridgehead atoms. The maximum absolute atomic E-state index is 12.8. The molecule has 1 saturated heterocycles. The number of likely N-dealkylation sites (tertiary alicyclic amines) is 1. The minimum Gasteiger partial charge on any atom is -0.497 e. The number of hydrogen-bond acceptors (Lipinski definition) is 5. The SMILES string of the molecule is CNC(=O)c1[nH]c([C@H]2CCCN(C(=O)Cc3ccccn3)C2)nc1-c1ccc(OC)cc1. The van der Waals surface area contributed by atoms with E-state index in [1.54, 1.807) is 20.4 Å². The number of pyridine rings is 1. The fraction of sp³-hybridized carbons (Fsp3) is 0.333. The number of amides is 2. The van der Waals surface area contributed by atoms with Gasteiger partial charge in [-0.3, -0.25) is 14.6 Å². The van der Waals surface area contributed by atoms with Crippen molar-refractivity contribution in [2.45, 2.75) is 25.2 Å². The summed E-state index contributed by atoms with van der Waals surface area (Å²) in [6.07, 6.45) is 3.76. The van der Waals surface area contributed by atoms with Gasteiger partial charge in [-0.25, -0.2) is 4.98 Å². The Hall–Kier alpha value is -3.68. The largest absolute Gasteiger partial charge is 0.497 e. The molecule has 2 aromatic heterocycles. The van der Waals surface area contributed by atoms with Crippen molar-refractivity contribution in [3.8, 4) is 17.0 Å². The van der Waals surface area contributed by atoms with Crippen molar-refractivity contribution >= 4 is 11.8 Å². The van der Waals surface area contributed by atoms with Crippen LogP contribution in [0.3, 0.4) is 0 Å². The maximum Gasteiger partial charge on any atom is 0.269 e. The number of piperidine rings is 1. The van der Waals surface area contributed by atoms with Crippen molar-refractivity contribution < 1.29 is 14.3 Å². The number of aromatic nitrogens is 3. The Bertz CT molecular complexity index is 1080. The highest BCUT2D eigenvalue weighted by Crippen LogP contribution is 2.30. The zero-order valence-corrected chi connectivity index (χ0v) is 18.3. The van der Waals surface area contributed by atoms with Crippen LogP contribution in [-0.4, -0.2) is 58.9 Å². The number of nitrogens with zero attached hydrogens (tertiary/aromatic N) is 3. The van der Waals surface area contributed by atoms with E-state index in [0.29, 0.717) is 17.9 Å². The normalized spacial score (nSPS) is 15.9. The van der Waals surface area contributed by atoms with E-state index in [4.69, 9.17) is 9.72 Å². The monoisotopic (exact) mass is 433 g/mol. The van der Waals surface area contributed by atoms with Gasteiger partial charge in [0.2, 0.25) is 5.91 Å². The van der Waals surface area contributed by atoms with E-state index >= 15 is 0 Å². The van der Waals surface area contributed by atoms with E-state index < -0.39 is 0 Å². The quantitative estimate of drug-likeness (QED) is 0.623. The van der Waals surface area contributed by atoms with Crippen molar-refractivity contribution in [1.82, 2.24) is 25.2 Å². The number of ether oxygens (including phenoxy) is 1. The molecule has 0 unspecified atom stereocenters. The molecular formula is C24H27N5O3. The molecule has 32 heavy (non-hydrogen) atoms. The summed E-state index contributed by atoms with van der Waals surface area (Å²) in [6, 6.07) is 13.0. The van der Waals surface area contributed by atoms with Crippen LogP contribution in [0.15, 0.2) is 48.7 Å². The van der Waals surface area contributed by atoms with Gasteiger partial charge in [-0.2, -0.15) is 0 Å². The topological polar surface area (TPSA) is 100 Å². The number of benzene rings is 1. The molecule has 1 fully saturated rings. The van der Waals surface area contributed by atoms with E-state index in [0.717, 1.165) is 42.2 Å². The molecule has 1 atom stereocenters. The second-order valence-corrected chi connectivity index (χ2v) is 7.83. The van der Waals surface area contributed by atoms with Gasteiger partial charge in [-0.05, 0) is 49.2 Å². The lowest BCUT2D eigenvalue weighted by molar-refractivity contribution is -0.131. The smallest absolute Gasteiger partial charge is 0.269 e. The predicted octanol–water partition coefficient (Wildman–Crippen LogP) is 2.79. The molecule has 2 amide bonds. The molecular weight excluding hydrogens is 406 g/mol. The number of methoxy groups -OCH3 is 1. The van der Waals surface area contributed by atoms with E-state index in [2.05, 4.69) is 15.3 Å². The fourth-order valence-corrected chi connectivity index (χ4v) is 4.03. The van der Waals surface area contributed by atoms with Gasteiger partial charge in [0.05, 0.1) is 13.5 Å². The predicted molar refractivity (Wildman–Crippen MR) is 120 cm³/mol. The fourth-order valence-electron chi connectivity index (χ4n) is 4.03. The molecule has 1 aromatic carbocycles. The summed E-state index contributed by atoms with van der Waals surface area (Å²) in [6.45, 7) is 1.28. The third-order valence-electron chi connectivity index (χ3n) is 5.76. The van der Waals surface area contributed by atoms with Gasteiger partial charge in [-0.1, -0.05) is 6.07 Å². The summed E-state index contributed by atoms with van der Waals surface area (Å²) in [7, 11) is 3.21. The number of carbonyl (C=O) groups excluding carboxylic acids is 2. The second-order valence-electron chi connectivity index (χ2n) is 7.83. The van der Waals surface area contributed by atoms with Crippen molar-refractivity contribution in [2.75, 3.05) is 27.2 Å². The lowest BCUT2D eigenvalue weighted by Crippen LogP contribution is -2.40. The van der Waals surface area contributed by atoms with E-state index in [-0.39, 0.29) is 24.2 Å². The molecule has 3 aromatic rings. The van der Waals surface area contributed by atoms with Crippen LogP contribution in [0.4, 0.5) is 0 Å². The summed E-state index contributed by atoms with van der Waals surface area (Å²) in [5.41, 5.74) is 2.61. The van der Waals surface area contributed by atoms with Crippen molar-refractivity contribution in [3.63, 3.8) is 0 Å². The third kappa shape index (κ3) is 4.64. The third-order valence-corrected chi connectivity index (χ3v) is 5.76. The lowest BCUT2D eigenvalue weighted by Gasteiger charge is -2.32. The second kappa shape index (κ2) is 9.64. The first-order valence-electron chi connectivity index (χ1n) is 10.7. The van der Waals surface area contributed by atoms with Crippen LogP contribution in [0.25, 0.3) is 11.3 Å². The number of carbonyl (C=O) groups is 2. The first-order chi connectivity index (χ1) is 15.6. The number of hydrogen-bond donors (Lipinski definition) is 2. The van der Waals surface area contributed by atoms with Crippen LogP contribution in [0.1, 0.15) is 40.8 Å². The van der Waals surface area contributed by atoms with Gasteiger partial charge in [0.15, 0.2) is 0 Å². The Morgan fingerprint density at radius 3 is 2.72 bits per heavy atom. The summed E-state index contributed by atoms with van der Waals surface area (Å²) in [5.74, 6) is 1.33. The average Bonchev–Trinajstić information content (AvgIpc) is 3.30. The molecule has 1 aliphatic rings. The molecule has 8 nitrogen and oxygen atoms in total. The van der Waals surface area contributed by atoms with E-state index in [1.807, 2.05) is 47.4 Å². The van der Waals surface area contributed by atoms with E-state index in [9.17, 15) is 9.59 Å². The number of rotatable bonds is 6. The first-order valence-corrected chi connectivity index (χ1v) is 10.7. The summed E-state index contributed by atoms with van der Waals surface area (Å²) >= 11 is 0. The molecule has 4 rings (SSSR count). The highest BCUT2D eigenvalue weighted by Gasteiger charge is 2.29. The molecule has 166 valence electrons. The number of aromatic amines is 1. The molecule has 0 radical (unpaired) electrons. The standard InChI is InChI=1S/C24H27N5O3/c1-25-24(31)22-21(16-8-10-19(32-2)11-9-16)27-23(28-22)17-6-5-13-29(15-17)20(30)14-18-7-3-4-12-26-18/h3-4,7-12,17H,5-6,13-15H2,1-2H3,(H,25,31)(H,27,28)/t17-/m0/s1. The number of H-pyrrole nitrogens is 1. The molecule has 3 heterocycles. The minimum absolute atomic E-state index is 0.0341. The van der Waals surface area contributed by atoms with Crippen molar-refractivity contribution in [3.05, 3.63) is 65.9 Å². The van der Waals surface area contributed by atoms with Crippen molar-refractivity contribution in [2.24, 2.45) is 0 Å². The molecule has 8 heteroatoms. The van der Waals surface area contributed by atoms with Gasteiger partial charge in [-0.15, -0.1) is 0 Å². The van der Waals surface area contributed by atoms with Gasteiger partial charge in [0.1, 0.15) is 23.0 Å².